The summed E-state index contributed by atoms with van der Waals surface area (Å²) in [7, 11) is 0. The van der Waals surface area contributed by atoms with Crippen LogP contribution < -0.4 is 19.6 Å². The zero-order chi connectivity index (χ0) is 78.5. The van der Waals surface area contributed by atoms with Crippen molar-refractivity contribution in [1.29, 1.82) is 0 Å². The van der Waals surface area contributed by atoms with Crippen LogP contribution in [0.4, 0.5) is 68.2 Å². The molecule has 0 aliphatic heterocycles. The molecular formula is C104H126N4. The average Bonchev–Trinajstić information content (AvgIpc) is 0.696. The number of hydrogen-bond acceptors (Lipinski definition) is 4. The van der Waals surface area contributed by atoms with Crippen LogP contribution in [0.3, 0.4) is 0 Å². The molecule has 4 nitrogen and oxygen atoms in total. The molecule has 0 spiro atoms. The third-order valence-corrected chi connectivity index (χ3v) is 22.9. The second-order valence-electron chi connectivity index (χ2n) is 39.2. The Balaban J connectivity index is 1.42. The fraction of sp³-hybridized carbons (Fsp3) is 0.385. The second kappa shape index (κ2) is 28.7. The Morgan fingerprint density at radius 3 is 0.491 bits per heavy atom. The number of rotatable bonds is 16. The van der Waals surface area contributed by atoms with Crippen molar-refractivity contribution in [2.45, 2.75) is 263 Å². The van der Waals surface area contributed by atoms with E-state index in [-0.39, 0.29) is 43.3 Å². The molecule has 0 bridgehead atoms. The normalized spacial score (nSPS) is 13.0. The van der Waals surface area contributed by atoms with E-state index in [1.54, 1.807) is 0 Å². The molecule has 4 heteroatoms. The largest absolute Gasteiger partial charge is 0.309 e. The van der Waals surface area contributed by atoms with Gasteiger partial charge in [0.1, 0.15) is 0 Å². The SMILES string of the molecule is CCc1ccccc1N(c1cc(C(C)(C)C)cc(C(C)(C)C)c1)c1cc(N(c2cc(C(C)(C)C)cc(C(C)(C)C)c2)c2ccccc2CC)c2ccc3c(N(c4cc(C(C)(C)C)cc(C(C)(C)C)c4)c4ccccc4CC)cc(N(c4cc(C(C)(C)C)cc(C(C)(C)C)c4)c4ccccc4CC)c4ccc1c2c43. The van der Waals surface area contributed by atoms with Gasteiger partial charge in [-0.2, -0.15) is 0 Å². The Morgan fingerprint density at radius 1 is 0.185 bits per heavy atom. The Labute approximate surface area is 652 Å². The lowest BCUT2D eigenvalue weighted by molar-refractivity contribution is 0.568. The quantitative estimate of drug-likeness (QED) is 0.0894. The van der Waals surface area contributed by atoms with Crippen molar-refractivity contribution in [3.05, 3.63) is 273 Å². The summed E-state index contributed by atoms with van der Waals surface area (Å²) < 4.78 is 0. The molecule has 0 aromatic heterocycles. The lowest BCUT2D eigenvalue weighted by Crippen LogP contribution is -2.21. The van der Waals surface area contributed by atoms with Gasteiger partial charge in [-0.25, -0.2) is 0 Å². The van der Waals surface area contributed by atoms with E-state index >= 15 is 0 Å². The van der Waals surface area contributed by atoms with E-state index in [0.29, 0.717) is 0 Å². The molecule has 0 aliphatic carbocycles. The van der Waals surface area contributed by atoms with Gasteiger partial charge in [0.25, 0.3) is 0 Å². The summed E-state index contributed by atoms with van der Waals surface area (Å²) in [5.41, 5.74) is 28.0. The van der Waals surface area contributed by atoms with Gasteiger partial charge in [-0.15, -0.1) is 0 Å². The van der Waals surface area contributed by atoms with Crippen LogP contribution in [0.15, 0.2) is 206 Å². The van der Waals surface area contributed by atoms with Crippen molar-refractivity contribution in [2.75, 3.05) is 19.6 Å². The molecule has 108 heavy (non-hydrogen) atoms. The van der Waals surface area contributed by atoms with Crippen LogP contribution in [-0.4, -0.2) is 0 Å². The highest BCUT2D eigenvalue weighted by atomic mass is 15.2. The lowest BCUT2D eigenvalue weighted by atomic mass is 9.80. The first-order chi connectivity index (χ1) is 50.4. The zero-order valence-corrected chi connectivity index (χ0v) is 71.2. The molecular weight excluding hydrogens is 1310 g/mol. The lowest BCUT2D eigenvalue weighted by Gasteiger charge is -2.37. The van der Waals surface area contributed by atoms with Crippen molar-refractivity contribution in [3.8, 4) is 0 Å². The minimum Gasteiger partial charge on any atom is -0.309 e. The van der Waals surface area contributed by atoms with Gasteiger partial charge in [-0.1, -0.05) is 315 Å². The van der Waals surface area contributed by atoms with Crippen LogP contribution in [0.25, 0.3) is 32.3 Å². The molecule has 0 amide bonds. The Bertz CT molecular complexity index is 4520. The van der Waals surface area contributed by atoms with E-state index in [9.17, 15) is 0 Å². The number of nitrogens with zero attached hydrogens (tertiary/aromatic N) is 4. The minimum absolute atomic E-state index is 0.166. The standard InChI is InChI=1S/C104H126N4/c1-29-67-41-33-37-45-87(67)105(79-57-71(97(5,6)7)53-72(58-79)98(8,9)10)91-65-92(106(88-46-38-34-42-68(88)30-2)80-59-73(99(11,12)13)54-74(60-80)100(14,15)16)84-51-52-86-94(108(90-48-40-36-44-70(90)32-4)82-63-77(103(23,24)25)56-78(64-82)104(26,27)28)66-93(85-50-49-83(91)95(84)96(85)86)107(89-47-39-35-43-69(89)31-3)81-61-75(101(17,18)19)55-76(62-81)102(20,21)22/h33-66H,29-32H2,1-28H3. The highest BCUT2D eigenvalue weighted by Gasteiger charge is 2.35. The van der Waals surface area contributed by atoms with Gasteiger partial charge in [-0.05, 0) is 221 Å². The second-order valence-corrected chi connectivity index (χ2v) is 39.2. The molecule has 0 N–H and O–H groups in total. The summed E-state index contributed by atoms with van der Waals surface area (Å²) in [6, 6.07) is 82.4. The van der Waals surface area contributed by atoms with Crippen molar-refractivity contribution >= 4 is 101 Å². The molecule has 0 unspecified atom stereocenters. The van der Waals surface area contributed by atoms with Gasteiger partial charge < -0.3 is 19.6 Å². The maximum Gasteiger partial charge on any atom is 0.0561 e. The van der Waals surface area contributed by atoms with Crippen LogP contribution in [0.2, 0.25) is 0 Å². The molecule has 562 valence electrons. The summed E-state index contributed by atoms with van der Waals surface area (Å²) in [4.78, 5) is 10.7. The highest BCUT2D eigenvalue weighted by Crippen LogP contribution is 2.58. The topological polar surface area (TPSA) is 13.0 Å². The van der Waals surface area contributed by atoms with E-state index < -0.39 is 0 Å². The van der Waals surface area contributed by atoms with E-state index in [2.05, 4.69) is 420 Å². The molecule has 0 saturated heterocycles. The van der Waals surface area contributed by atoms with E-state index in [0.717, 1.165) is 71.2 Å². The first-order valence-corrected chi connectivity index (χ1v) is 40.4. The Kier molecular flexibility index (Phi) is 20.9. The van der Waals surface area contributed by atoms with Gasteiger partial charge in [0.2, 0.25) is 0 Å². The first-order valence-electron chi connectivity index (χ1n) is 40.4. The van der Waals surface area contributed by atoms with Crippen molar-refractivity contribution in [3.63, 3.8) is 0 Å². The van der Waals surface area contributed by atoms with Crippen molar-refractivity contribution in [1.82, 2.24) is 0 Å². The number of benzene rings is 12. The van der Waals surface area contributed by atoms with Crippen LogP contribution in [0.5, 0.6) is 0 Å². The number of aryl methyl sites for hydroxylation is 4. The van der Waals surface area contributed by atoms with Gasteiger partial charge in [0.15, 0.2) is 0 Å². The maximum atomic E-state index is 2.68. The molecule has 0 aliphatic rings. The van der Waals surface area contributed by atoms with Gasteiger partial charge in [-0.3, -0.25) is 0 Å². The predicted molar refractivity (Wildman–Crippen MR) is 476 cm³/mol. The van der Waals surface area contributed by atoms with E-state index in [4.69, 9.17) is 0 Å². The average molecular weight is 1430 g/mol. The van der Waals surface area contributed by atoms with Gasteiger partial charge >= 0.3 is 0 Å². The maximum absolute atomic E-state index is 2.68. The molecule has 0 atom stereocenters. The molecule has 0 saturated carbocycles. The minimum atomic E-state index is -0.166. The molecule has 12 aromatic carbocycles. The number of para-hydroxylation sites is 4. The predicted octanol–water partition coefficient (Wildman–Crippen LogP) is 31.1. The monoisotopic (exact) mass is 1430 g/mol. The van der Waals surface area contributed by atoms with E-state index in [1.807, 2.05) is 0 Å². The third kappa shape index (κ3) is 15.3. The van der Waals surface area contributed by atoms with Crippen molar-refractivity contribution in [2.24, 2.45) is 0 Å². The summed E-state index contributed by atoms with van der Waals surface area (Å²) in [5, 5.41) is 7.15. The molecule has 12 aromatic rings. The number of hydrogen-bond donors (Lipinski definition) is 0. The van der Waals surface area contributed by atoms with Gasteiger partial charge in [0.05, 0.1) is 22.7 Å². The molecule has 0 fully saturated rings. The van der Waals surface area contributed by atoms with E-state index in [1.165, 1.54) is 122 Å². The zero-order valence-electron chi connectivity index (χ0n) is 71.2. The summed E-state index contributed by atoms with van der Waals surface area (Å²) in [5.74, 6) is 0. The summed E-state index contributed by atoms with van der Waals surface area (Å²) in [6.07, 6.45) is 3.39. The van der Waals surface area contributed by atoms with Crippen LogP contribution in [0, 0.1) is 0 Å². The third-order valence-electron chi connectivity index (χ3n) is 22.9. The Morgan fingerprint density at radius 2 is 0.343 bits per heavy atom. The fourth-order valence-electron chi connectivity index (χ4n) is 15.8. The van der Waals surface area contributed by atoms with Crippen LogP contribution in [-0.2, 0) is 69.0 Å². The summed E-state index contributed by atoms with van der Waals surface area (Å²) in [6.45, 7) is 66.4. The molecule has 12 rings (SSSR count). The summed E-state index contributed by atoms with van der Waals surface area (Å²) >= 11 is 0. The first kappa shape index (κ1) is 78.5. The number of anilines is 12. The smallest absolute Gasteiger partial charge is 0.0561 e. The van der Waals surface area contributed by atoms with Crippen molar-refractivity contribution < 1.29 is 0 Å². The molecule has 0 radical (unpaired) electrons. The van der Waals surface area contributed by atoms with Gasteiger partial charge in [0, 0.05) is 77.8 Å². The van der Waals surface area contributed by atoms with Crippen LogP contribution >= 0.6 is 0 Å². The molecule has 0 heterocycles. The highest BCUT2D eigenvalue weighted by molar-refractivity contribution is 6.33. The Hall–Kier alpha value is -9.12. The fourth-order valence-corrected chi connectivity index (χ4v) is 15.8. The van der Waals surface area contributed by atoms with Crippen LogP contribution in [0.1, 0.15) is 261 Å².